The lowest BCUT2D eigenvalue weighted by Gasteiger charge is -2.37. The number of esters is 2. The summed E-state index contributed by atoms with van der Waals surface area (Å²) in [5, 5.41) is 0. The normalized spacial score (nSPS) is 17.6. The molecule has 0 spiro atoms. The minimum Gasteiger partial charge on any atom is -0.497 e. The zero-order valence-electron chi connectivity index (χ0n) is 27.1. The van der Waals surface area contributed by atoms with Crippen LogP contribution in [0.3, 0.4) is 0 Å². The maximum atomic E-state index is 12.9. The zero-order chi connectivity index (χ0) is 36.1. The van der Waals surface area contributed by atoms with E-state index in [0.717, 1.165) is 16.3 Å². The van der Waals surface area contributed by atoms with Crippen molar-refractivity contribution in [3.8, 4) is 11.5 Å². The Morgan fingerprint density at radius 1 is 0.880 bits per heavy atom. The summed E-state index contributed by atoms with van der Waals surface area (Å²) in [5.74, 6) is -1.04. The summed E-state index contributed by atoms with van der Waals surface area (Å²) >= 11 is 0. The molecule has 1 aliphatic rings. The fourth-order valence-electron chi connectivity index (χ4n) is 5.71. The molecule has 15 heteroatoms. The van der Waals surface area contributed by atoms with Gasteiger partial charge in [0.1, 0.15) is 41.1 Å². The quantitative estimate of drug-likeness (QED) is 0.166. The van der Waals surface area contributed by atoms with E-state index in [1.165, 1.54) is 6.92 Å². The summed E-state index contributed by atoms with van der Waals surface area (Å²) in [6.07, 6.45) is -7.47. The van der Waals surface area contributed by atoms with E-state index in [1.807, 2.05) is 59.6 Å². The van der Waals surface area contributed by atoms with Crippen LogP contribution in [0.5, 0.6) is 11.5 Å². The van der Waals surface area contributed by atoms with Crippen LogP contribution in [0, 0.1) is 0 Å². The van der Waals surface area contributed by atoms with E-state index >= 15 is 0 Å². The third kappa shape index (κ3) is 7.90. The Kier molecular flexibility index (Phi) is 10.8. The Balaban J connectivity index is 1.53. The van der Waals surface area contributed by atoms with Crippen molar-refractivity contribution in [2.24, 2.45) is 0 Å². The third-order valence-electron chi connectivity index (χ3n) is 8.00. The van der Waals surface area contributed by atoms with Crippen LogP contribution in [0.15, 0.2) is 94.6 Å². The van der Waals surface area contributed by atoms with Gasteiger partial charge in [-0.1, -0.05) is 54.6 Å². The highest BCUT2D eigenvalue weighted by Gasteiger charge is 2.44. The van der Waals surface area contributed by atoms with Crippen molar-refractivity contribution < 1.29 is 51.2 Å². The highest BCUT2D eigenvalue weighted by molar-refractivity contribution is 5.88. The van der Waals surface area contributed by atoms with Gasteiger partial charge in [0.2, 0.25) is 0 Å². The monoisotopic (exact) mass is 698 g/mol. The summed E-state index contributed by atoms with van der Waals surface area (Å²) in [5.41, 5.74) is -2.29. The van der Waals surface area contributed by atoms with Crippen LogP contribution in [-0.2, 0) is 29.3 Å². The standard InChI is InChI=1S/C35H33F3N2O10/c1-21(41)49-28-17-30(40-18-27(31(42)39-33(40)44)32(43)47-20-34(36,37)38)50-29(28)19-48-35(22-7-5-4-6-8-22,23-9-13-25(45-2)14-10-23)24-11-15-26(46-3)16-12-24/h4-16,18,28-30H,17,19-20H2,1-3H3,(H,39,42,44)/t28-,29+,30+/m0/s1. The first-order valence-electron chi connectivity index (χ1n) is 15.2. The first-order chi connectivity index (χ1) is 23.8. The number of H-pyrrole nitrogens is 1. The van der Waals surface area contributed by atoms with E-state index in [4.69, 9.17) is 23.7 Å². The summed E-state index contributed by atoms with van der Waals surface area (Å²) in [7, 11) is 3.09. The average Bonchev–Trinajstić information content (AvgIpc) is 3.49. The lowest BCUT2D eigenvalue weighted by molar-refractivity contribution is -0.161. The molecule has 1 aliphatic heterocycles. The SMILES string of the molecule is COc1ccc(C(OC[C@H]2O[C@@H](n3cc(C(=O)OCC(F)(F)F)c(=O)[nH]c3=O)C[C@@H]2OC(C)=O)(c2ccccc2)c2ccc(OC)cc2)cc1. The fraction of sp³-hybridized carbons (Fsp3) is 0.314. The van der Waals surface area contributed by atoms with Crippen LogP contribution < -0.4 is 20.7 Å². The average molecular weight is 699 g/mol. The summed E-state index contributed by atoms with van der Waals surface area (Å²) < 4.78 is 72.4. The van der Waals surface area contributed by atoms with Crippen LogP contribution in [0.2, 0.25) is 0 Å². The highest BCUT2D eigenvalue weighted by atomic mass is 19.4. The second-order valence-electron chi connectivity index (χ2n) is 11.2. The second-order valence-corrected chi connectivity index (χ2v) is 11.2. The molecule has 4 aromatic rings. The Morgan fingerprint density at radius 3 is 1.96 bits per heavy atom. The first kappa shape index (κ1) is 35.9. The number of nitrogens with zero attached hydrogens (tertiary/aromatic N) is 1. The van der Waals surface area contributed by atoms with Crippen molar-refractivity contribution in [2.45, 2.75) is 43.6 Å². The van der Waals surface area contributed by atoms with Crippen LogP contribution >= 0.6 is 0 Å². The molecule has 1 aromatic heterocycles. The van der Waals surface area contributed by atoms with Gasteiger partial charge in [-0.15, -0.1) is 0 Å². The van der Waals surface area contributed by atoms with Crippen LogP contribution in [0.4, 0.5) is 13.2 Å². The second kappa shape index (κ2) is 15.0. The molecular formula is C35H33F3N2O10. The summed E-state index contributed by atoms with van der Waals surface area (Å²) in [4.78, 5) is 51.6. The molecule has 3 aromatic carbocycles. The van der Waals surface area contributed by atoms with Gasteiger partial charge in [-0.2, -0.15) is 13.2 Å². The largest absolute Gasteiger partial charge is 0.497 e. The molecule has 0 unspecified atom stereocenters. The minimum absolute atomic E-state index is 0.139. The molecule has 0 radical (unpaired) electrons. The number of hydrogen-bond donors (Lipinski definition) is 1. The lowest BCUT2D eigenvalue weighted by atomic mass is 9.80. The first-order valence-corrected chi connectivity index (χ1v) is 15.2. The number of halogens is 3. The molecule has 1 N–H and O–H groups in total. The number of methoxy groups -OCH3 is 2. The van der Waals surface area contributed by atoms with Crippen molar-refractivity contribution in [1.82, 2.24) is 9.55 Å². The number of benzene rings is 3. The zero-order valence-corrected chi connectivity index (χ0v) is 27.1. The molecule has 0 aliphatic carbocycles. The molecule has 2 heterocycles. The predicted octanol–water partition coefficient (Wildman–Crippen LogP) is 4.50. The van der Waals surface area contributed by atoms with E-state index in [1.54, 1.807) is 38.5 Å². The number of nitrogens with one attached hydrogen (secondary N) is 1. The summed E-state index contributed by atoms with van der Waals surface area (Å²) in [6, 6.07) is 23.8. The lowest BCUT2D eigenvalue weighted by Crippen LogP contribution is -2.39. The van der Waals surface area contributed by atoms with Gasteiger partial charge in [0.25, 0.3) is 5.56 Å². The molecule has 12 nitrogen and oxygen atoms in total. The molecule has 264 valence electrons. The third-order valence-corrected chi connectivity index (χ3v) is 8.00. The number of ether oxygens (including phenoxy) is 6. The molecule has 0 amide bonds. The smallest absolute Gasteiger partial charge is 0.422 e. The molecule has 1 saturated heterocycles. The molecule has 5 rings (SSSR count). The van der Waals surface area contributed by atoms with Gasteiger partial charge in [0.15, 0.2) is 6.61 Å². The number of carbonyl (C=O) groups excluding carboxylic acids is 2. The Labute approximate surface area is 283 Å². The Morgan fingerprint density at radius 2 is 1.44 bits per heavy atom. The molecular weight excluding hydrogens is 665 g/mol. The molecule has 0 bridgehead atoms. The van der Waals surface area contributed by atoms with Crippen LogP contribution in [0.1, 0.15) is 46.6 Å². The van der Waals surface area contributed by atoms with Crippen molar-refractivity contribution in [3.05, 3.63) is 128 Å². The number of aromatic nitrogens is 2. The number of rotatable bonds is 12. The minimum atomic E-state index is -4.84. The van der Waals surface area contributed by atoms with Gasteiger partial charge in [-0.3, -0.25) is 19.1 Å². The number of carbonyl (C=O) groups is 2. The van der Waals surface area contributed by atoms with Gasteiger partial charge in [-0.25, -0.2) is 9.59 Å². The highest BCUT2D eigenvalue weighted by Crippen LogP contribution is 2.43. The van der Waals surface area contributed by atoms with E-state index in [2.05, 4.69) is 4.74 Å². The fourth-order valence-corrected chi connectivity index (χ4v) is 5.71. The van der Waals surface area contributed by atoms with Crippen molar-refractivity contribution in [3.63, 3.8) is 0 Å². The maximum Gasteiger partial charge on any atom is 0.422 e. The molecule has 3 atom stereocenters. The van der Waals surface area contributed by atoms with E-state index in [9.17, 15) is 32.3 Å². The molecule has 1 fully saturated rings. The van der Waals surface area contributed by atoms with Crippen LogP contribution in [-0.4, -0.2) is 67.3 Å². The summed E-state index contributed by atoms with van der Waals surface area (Å²) in [6.45, 7) is -0.973. The van der Waals surface area contributed by atoms with Gasteiger partial charge < -0.3 is 28.4 Å². The topological polar surface area (TPSA) is 144 Å². The maximum absolute atomic E-state index is 12.9. The molecule has 0 saturated carbocycles. The van der Waals surface area contributed by atoms with Gasteiger partial charge in [-0.05, 0) is 41.0 Å². The van der Waals surface area contributed by atoms with Gasteiger partial charge >= 0.3 is 23.8 Å². The van der Waals surface area contributed by atoms with Crippen molar-refractivity contribution in [2.75, 3.05) is 27.4 Å². The Bertz CT molecular complexity index is 1860. The van der Waals surface area contributed by atoms with E-state index in [0.29, 0.717) is 22.6 Å². The van der Waals surface area contributed by atoms with Crippen LogP contribution in [0.25, 0.3) is 0 Å². The van der Waals surface area contributed by atoms with Crippen molar-refractivity contribution in [1.29, 1.82) is 0 Å². The van der Waals surface area contributed by atoms with Gasteiger partial charge in [0.05, 0.1) is 20.8 Å². The number of aromatic amines is 1. The van der Waals surface area contributed by atoms with E-state index < -0.39 is 65.6 Å². The number of hydrogen-bond acceptors (Lipinski definition) is 10. The van der Waals surface area contributed by atoms with Gasteiger partial charge in [0, 0.05) is 19.5 Å². The van der Waals surface area contributed by atoms with Crippen molar-refractivity contribution >= 4 is 11.9 Å². The predicted molar refractivity (Wildman–Crippen MR) is 170 cm³/mol. The molecule has 50 heavy (non-hydrogen) atoms. The Hall–Kier alpha value is -5.41. The van der Waals surface area contributed by atoms with E-state index in [-0.39, 0.29) is 13.0 Å². The number of alkyl halides is 3.